The number of hydrogen-bond acceptors (Lipinski definition) is 5. The molecule has 0 aliphatic heterocycles. The molecule has 2 aromatic rings. The Morgan fingerprint density at radius 1 is 1.29 bits per heavy atom. The maximum absolute atomic E-state index is 11.7. The zero-order valence-corrected chi connectivity index (χ0v) is 13.4. The van der Waals surface area contributed by atoms with E-state index < -0.39 is 5.97 Å². The summed E-state index contributed by atoms with van der Waals surface area (Å²) in [4.78, 5) is 26.3. The van der Waals surface area contributed by atoms with E-state index in [0.717, 1.165) is 11.3 Å². The van der Waals surface area contributed by atoms with Crippen molar-refractivity contribution in [1.29, 1.82) is 0 Å². The van der Waals surface area contributed by atoms with E-state index in [2.05, 4.69) is 10.3 Å². The van der Waals surface area contributed by atoms with Crippen LogP contribution in [-0.4, -0.2) is 41.7 Å². The van der Waals surface area contributed by atoms with E-state index in [4.69, 9.17) is 14.3 Å². The van der Waals surface area contributed by atoms with Crippen LogP contribution >= 0.6 is 0 Å². The number of aromatic nitrogens is 1. The Hall–Kier alpha value is -2.67. The molecule has 24 heavy (non-hydrogen) atoms. The summed E-state index contributed by atoms with van der Waals surface area (Å²) in [6, 6.07) is 9.68. The van der Waals surface area contributed by atoms with Gasteiger partial charge in [0, 0.05) is 24.9 Å². The van der Waals surface area contributed by atoms with Crippen molar-refractivity contribution in [2.75, 3.05) is 19.8 Å². The molecule has 128 valence electrons. The van der Waals surface area contributed by atoms with Crippen molar-refractivity contribution >= 4 is 11.9 Å². The molecule has 1 amide bonds. The number of nitrogens with one attached hydrogen (secondary N) is 1. The summed E-state index contributed by atoms with van der Waals surface area (Å²) in [5, 5.41) is 11.1. The molecule has 7 nitrogen and oxygen atoms in total. The van der Waals surface area contributed by atoms with Crippen molar-refractivity contribution in [3.63, 3.8) is 0 Å². The van der Waals surface area contributed by atoms with E-state index in [9.17, 15) is 9.59 Å². The summed E-state index contributed by atoms with van der Waals surface area (Å²) >= 11 is 0. The monoisotopic (exact) mass is 332 g/mol. The molecule has 7 heteroatoms. The summed E-state index contributed by atoms with van der Waals surface area (Å²) in [6.07, 6.45) is 0.641. The number of oxazole rings is 1. The molecule has 0 fully saturated rings. The highest BCUT2D eigenvalue weighted by atomic mass is 16.5. The van der Waals surface area contributed by atoms with E-state index >= 15 is 0 Å². The number of aryl methyl sites for hydroxylation is 2. The number of carboxylic acid groups (broad SMARTS) is 1. The van der Waals surface area contributed by atoms with Crippen molar-refractivity contribution in [1.82, 2.24) is 10.3 Å². The minimum absolute atomic E-state index is 0.161. The Morgan fingerprint density at radius 3 is 2.75 bits per heavy atom. The van der Waals surface area contributed by atoms with Crippen LogP contribution in [0.15, 0.2) is 34.7 Å². The number of carbonyl (C=O) groups is 2. The van der Waals surface area contributed by atoms with Gasteiger partial charge in [-0.15, -0.1) is 0 Å². The van der Waals surface area contributed by atoms with E-state index in [-0.39, 0.29) is 32.1 Å². The molecule has 1 aromatic heterocycles. The second-order valence-corrected chi connectivity index (χ2v) is 5.18. The average Bonchev–Trinajstić information content (AvgIpc) is 2.94. The maximum atomic E-state index is 11.7. The average molecular weight is 332 g/mol. The molecular formula is C17H20N2O5. The van der Waals surface area contributed by atoms with Gasteiger partial charge in [0.05, 0.1) is 12.3 Å². The Morgan fingerprint density at radius 2 is 2.04 bits per heavy atom. The Labute approximate surface area is 139 Å². The van der Waals surface area contributed by atoms with Crippen molar-refractivity contribution in [2.45, 2.75) is 19.8 Å². The summed E-state index contributed by atoms with van der Waals surface area (Å²) in [6.45, 7) is 1.93. The van der Waals surface area contributed by atoms with Gasteiger partial charge in [0.15, 0.2) is 11.7 Å². The molecule has 1 heterocycles. The minimum Gasteiger partial charge on any atom is -0.480 e. The largest absolute Gasteiger partial charge is 0.480 e. The van der Waals surface area contributed by atoms with Gasteiger partial charge in [-0.25, -0.2) is 9.78 Å². The summed E-state index contributed by atoms with van der Waals surface area (Å²) in [7, 11) is 0. The summed E-state index contributed by atoms with van der Waals surface area (Å²) < 4.78 is 10.6. The third-order valence-electron chi connectivity index (χ3n) is 3.24. The number of ether oxygens (including phenoxy) is 1. The number of rotatable bonds is 9. The predicted molar refractivity (Wildman–Crippen MR) is 86.5 cm³/mol. The molecule has 0 bridgehead atoms. The lowest BCUT2D eigenvalue weighted by molar-refractivity contribution is -0.142. The van der Waals surface area contributed by atoms with Gasteiger partial charge in [0.1, 0.15) is 6.61 Å². The highest BCUT2D eigenvalue weighted by molar-refractivity contribution is 5.76. The molecular weight excluding hydrogens is 312 g/mol. The second-order valence-electron chi connectivity index (χ2n) is 5.18. The van der Waals surface area contributed by atoms with E-state index in [1.54, 1.807) is 0 Å². The molecule has 2 rings (SSSR count). The van der Waals surface area contributed by atoms with Crippen molar-refractivity contribution in [2.24, 2.45) is 0 Å². The van der Waals surface area contributed by atoms with E-state index in [0.29, 0.717) is 18.1 Å². The molecule has 0 saturated carbocycles. The summed E-state index contributed by atoms with van der Waals surface area (Å²) in [5.41, 5.74) is 1.74. The molecule has 2 N–H and O–H groups in total. The van der Waals surface area contributed by atoms with Crippen LogP contribution in [0.5, 0.6) is 0 Å². The van der Waals surface area contributed by atoms with Crippen LogP contribution in [0.1, 0.15) is 18.0 Å². The van der Waals surface area contributed by atoms with Gasteiger partial charge in [-0.3, -0.25) is 4.79 Å². The van der Waals surface area contributed by atoms with Crippen LogP contribution in [0.25, 0.3) is 11.3 Å². The fourth-order valence-corrected chi connectivity index (χ4v) is 2.15. The van der Waals surface area contributed by atoms with Crippen LogP contribution in [0.3, 0.4) is 0 Å². The van der Waals surface area contributed by atoms with Gasteiger partial charge in [0.2, 0.25) is 5.91 Å². The quantitative estimate of drug-likeness (QED) is 0.679. The first-order valence-electron chi connectivity index (χ1n) is 7.64. The lowest BCUT2D eigenvalue weighted by Gasteiger charge is -2.04. The van der Waals surface area contributed by atoms with Crippen molar-refractivity contribution in [3.05, 3.63) is 41.9 Å². The molecule has 0 aliphatic rings. The highest BCUT2D eigenvalue weighted by Gasteiger charge is 2.12. The fraction of sp³-hybridized carbons (Fsp3) is 0.353. The van der Waals surface area contributed by atoms with Crippen LogP contribution in [0, 0.1) is 6.92 Å². The number of nitrogens with zero attached hydrogens (tertiary/aromatic N) is 1. The van der Waals surface area contributed by atoms with Gasteiger partial charge in [0.25, 0.3) is 0 Å². The van der Waals surface area contributed by atoms with Crippen molar-refractivity contribution in [3.8, 4) is 11.3 Å². The summed E-state index contributed by atoms with van der Waals surface area (Å²) in [5.74, 6) is 0.0394. The Bertz CT molecular complexity index is 682. The third kappa shape index (κ3) is 5.51. The first-order valence-corrected chi connectivity index (χ1v) is 7.64. The number of aliphatic carboxylic acids is 1. The van der Waals surface area contributed by atoms with Gasteiger partial charge >= 0.3 is 5.97 Å². The lowest BCUT2D eigenvalue weighted by atomic mass is 10.1. The van der Waals surface area contributed by atoms with Gasteiger partial charge in [-0.1, -0.05) is 30.3 Å². The molecule has 0 aliphatic carbocycles. The number of hydrogen-bond donors (Lipinski definition) is 2. The number of carbonyl (C=O) groups excluding carboxylic acids is 1. The predicted octanol–water partition coefficient (Wildman–Crippen LogP) is 1.80. The zero-order valence-electron chi connectivity index (χ0n) is 13.4. The van der Waals surface area contributed by atoms with Gasteiger partial charge in [-0.05, 0) is 6.92 Å². The topological polar surface area (TPSA) is 102 Å². The minimum atomic E-state index is -1.03. The van der Waals surface area contributed by atoms with Crippen LogP contribution in [-0.2, 0) is 20.7 Å². The van der Waals surface area contributed by atoms with Gasteiger partial charge in [-0.2, -0.15) is 0 Å². The molecule has 0 unspecified atom stereocenters. The van der Waals surface area contributed by atoms with Crippen LogP contribution < -0.4 is 5.32 Å². The smallest absolute Gasteiger partial charge is 0.329 e. The normalized spacial score (nSPS) is 10.5. The molecule has 0 radical (unpaired) electrons. The SMILES string of the molecule is Cc1nc(CCC(=O)NCCOCC(=O)O)oc1-c1ccccc1. The highest BCUT2D eigenvalue weighted by Crippen LogP contribution is 2.24. The Balaban J connectivity index is 1.76. The fourth-order valence-electron chi connectivity index (χ4n) is 2.15. The third-order valence-corrected chi connectivity index (χ3v) is 3.24. The standard InChI is InChI=1S/C17H20N2O5/c1-12-17(13-5-3-2-4-6-13)24-15(19-12)8-7-14(20)18-9-10-23-11-16(21)22/h2-6H,7-11H2,1H3,(H,18,20)(H,21,22). The molecule has 1 aromatic carbocycles. The number of amides is 1. The number of carboxylic acids is 1. The second kappa shape index (κ2) is 8.83. The van der Waals surface area contributed by atoms with E-state index in [1.807, 2.05) is 37.3 Å². The number of benzene rings is 1. The van der Waals surface area contributed by atoms with Crippen LogP contribution in [0.2, 0.25) is 0 Å². The zero-order chi connectivity index (χ0) is 17.4. The van der Waals surface area contributed by atoms with Gasteiger partial charge < -0.3 is 19.6 Å². The molecule has 0 saturated heterocycles. The molecule has 0 spiro atoms. The van der Waals surface area contributed by atoms with Crippen molar-refractivity contribution < 1.29 is 23.8 Å². The first-order chi connectivity index (χ1) is 11.6. The first kappa shape index (κ1) is 17.7. The lowest BCUT2D eigenvalue weighted by Crippen LogP contribution is -2.28. The van der Waals surface area contributed by atoms with E-state index in [1.165, 1.54) is 0 Å². The maximum Gasteiger partial charge on any atom is 0.329 e. The Kier molecular flexibility index (Phi) is 6.51. The molecule has 0 atom stereocenters. The van der Waals surface area contributed by atoms with Crippen LogP contribution in [0.4, 0.5) is 0 Å².